The van der Waals surface area contributed by atoms with Crippen molar-refractivity contribution in [3.8, 4) is 5.69 Å². The van der Waals surface area contributed by atoms with Gasteiger partial charge in [0, 0.05) is 12.5 Å². The van der Waals surface area contributed by atoms with Gasteiger partial charge in [-0.2, -0.15) is 18.3 Å². The zero-order chi connectivity index (χ0) is 15.0. The second-order valence-corrected chi connectivity index (χ2v) is 5.02. The van der Waals surface area contributed by atoms with Crippen molar-refractivity contribution in [2.45, 2.75) is 18.5 Å². The van der Waals surface area contributed by atoms with Crippen LogP contribution in [0, 0.1) is 0 Å². The number of ether oxygens (including phenoxy) is 1. The van der Waals surface area contributed by atoms with Gasteiger partial charge in [-0.15, -0.1) is 0 Å². The van der Waals surface area contributed by atoms with E-state index in [-0.39, 0.29) is 5.92 Å². The van der Waals surface area contributed by atoms with Gasteiger partial charge in [-0.1, -0.05) is 6.07 Å². The Morgan fingerprint density at radius 2 is 2.14 bits per heavy atom. The number of aromatic nitrogens is 2. The fourth-order valence-electron chi connectivity index (χ4n) is 2.43. The molecule has 1 aromatic heterocycles. The number of halogens is 3. The number of nitrogens with zero attached hydrogens (tertiary/aromatic N) is 2. The maximum absolute atomic E-state index is 12.7. The molecule has 3 rings (SSSR count). The van der Waals surface area contributed by atoms with Crippen molar-refractivity contribution in [3.05, 3.63) is 41.7 Å². The van der Waals surface area contributed by atoms with Crippen molar-refractivity contribution in [3.63, 3.8) is 0 Å². The van der Waals surface area contributed by atoms with E-state index < -0.39 is 11.7 Å². The molecule has 1 aromatic carbocycles. The number of alkyl halides is 3. The summed E-state index contributed by atoms with van der Waals surface area (Å²) in [6, 6.07) is 5.01. The summed E-state index contributed by atoms with van der Waals surface area (Å²) >= 11 is 0. The normalized spacial score (nSPS) is 19.1. The van der Waals surface area contributed by atoms with Crippen LogP contribution in [0.5, 0.6) is 0 Å². The molecule has 2 heterocycles. The summed E-state index contributed by atoms with van der Waals surface area (Å²) < 4.78 is 44.9. The SMILES string of the molecule is Nc1cn(-c2cccc(C(F)(F)F)c2)nc1C1CCOC1. The van der Waals surface area contributed by atoms with Crippen molar-refractivity contribution in [2.75, 3.05) is 18.9 Å². The Balaban J connectivity index is 1.96. The first kappa shape index (κ1) is 13.9. The number of nitrogens with two attached hydrogens (primary N) is 1. The van der Waals surface area contributed by atoms with E-state index in [2.05, 4.69) is 5.10 Å². The smallest absolute Gasteiger partial charge is 0.396 e. The van der Waals surface area contributed by atoms with Crippen molar-refractivity contribution >= 4 is 5.69 Å². The lowest BCUT2D eigenvalue weighted by Crippen LogP contribution is -2.07. The maximum atomic E-state index is 12.7. The summed E-state index contributed by atoms with van der Waals surface area (Å²) in [4.78, 5) is 0. The second-order valence-electron chi connectivity index (χ2n) is 5.02. The predicted octanol–water partition coefficient (Wildman–Crippen LogP) is 2.98. The lowest BCUT2D eigenvalue weighted by atomic mass is 10.0. The van der Waals surface area contributed by atoms with Crippen LogP contribution in [0.2, 0.25) is 0 Å². The Morgan fingerprint density at radius 3 is 2.81 bits per heavy atom. The molecule has 0 radical (unpaired) electrons. The molecule has 0 spiro atoms. The third-order valence-corrected chi connectivity index (χ3v) is 3.53. The van der Waals surface area contributed by atoms with E-state index in [1.165, 1.54) is 10.7 Å². The van der Waals surface area contributed by atoms with E-state index in [0.717, 1.165) is 18.6 Å². The molecule has 7 heteroatoms. The van der Waals surface area contributed by atoms with Crippen LogP contribution in [0.15, 0.2) is 30.5 Å². The summed E-state index contributed by atoms with van der Waals surface area (Å²) in [6.07, 6.45) is -2.01. The fourth-order valence-corrected chi connectivity index (χ4v) is 2.43. The number of benzene rings is 1. The molecular weight excluding hydrogens is 283 g/mol. The minimum absolute atomic E-state index is 0.108. The number of hydrogen-bond donors (Lipinski definition) is 1. The minimum Gasteiger partial charge on any atom is -0.396 e. The van der Waals surface area contributed by atoms with E-state index in [9.17, 15) is 13.2 Å². The molecule has 0 saturated carbocycles. The third-order valence-electron chi connectivity index (χ3n) is 3.53. The van der Waals surface area contributed by atoms with Crippen LogP contribution >= 0.6 is 0 Å². The maximum Gasteiger partial charge on any atom is 0.416 e. The second kappa shape index (κ2) is 5.07. The summed E-state index contributed by atoms with van der Waals surface area (Å²) in [5, 5.41) is 4.33. The molecule has 1 atom stereocenters. The summed E-state index contributed by atoms with van der Waals surface area (Å²) in [6.45, 7) is 1.20. The molecule has 4 nitrogen and oxygen atoms in total. The van der Waals surface area contributed by atoms with E-state index in [0.29, 0.717) is 30.3 Å². The van der Waals surface area contributed by atoms with Crippen LogP contribution in [-0.4, -0.2) is 23.0 Å². The van der Waals surface area contributed by atoms with E-state index >= 15 is 0 Å². The number of hydrogen-bond acceptors (Lipinski definition) is 3. The van der Waals surface area contributed by atoms with Gasteiger partial charge in [0.05, 0.1) is 35.4 Å². The molecule has 0 bridgehead atoms. The van der Waals surface area contributed by atoms with Crippen LogP contribution in [-0.2, 0) is 10.9 Å². The molecule has 1 aliphatic heterocycles. The van der Waals surface area contributed by atoms with Crippen LogP contribution in [0.25, 0.3) is 5.69 Å². The zero-order valence-electron chi connectivity index (χ0n) is 11.1. The largest absolute Gasteiger partial charge is 0.416 e. The van der Waals surface area contributed by atoms with Gasteiger partial charge in [0.25, 0.3) is 0 Å². The van der Waals surface area contributed by atoms with E-state index in [1.807, 2.05) is 0 Å². The summed E-state index contributed by atoms with van der Waals surface area (Å²) in [5.41, 5.74) is 6.71. The van der Waals surface area contributed by atoms with E-state index in [1.54, 1.807) is 12.3 Å². The molecular formula is C14H14F3N3O. The molecule has 0 aliphatic carbocycles. The Hall–Kier alpha value is -2.02. The standard InChI is InChI=1S/C14H14F3N3O/c15-14(16,17)10-2-1-3-11(6-10)20-7-12(18)13(19-20)9-4-5-21-8-9/h1-3,6-7,9H,4-5,8,18H2. The van der Waals surface area contributed by atoms with Crippen molar-refractivity contribution in [1.29, 1.82) is 0 Å². The highest BCUT2D eigenvalue weighted by atomic mass is 19.4. The molecule has 1 aliphatic rings. The summed E-state index contributed by atoms with van der Waals surface area (Å²) in [7, 11) is 0. The third kappa shape index (κ3) is 2.73. The number of rotatable bonds is 2. The highest BCUT2D eigenvalue weighted by Gasteiger charge is 2.31. The molecule has 1 saturated heterocycles. The topological polar surface area (TPSA) is 53.1 Å². The fraction of sp³-hybridized carbons (Fsp3) is 0.357. The predicted molar refractivity (Wildman–Crippen MR) is 71.2 cm³/mol. The Morgan fingerprint density at radius 1 is 1.33 bits per heavy atom. The van der Waals surface area contributed by atoms with Gasteiger partial charge in [-0.05, 0) is 24.6 Å². The highest BCUT2D eigenvalue weighted by molar-refractivity contribution is 5.47. The average molecular weight is 297 g/mol. The Kier molecular flexibility index (Phi) is 3.36. The number of anilines is 1. The van der Waals surface area contributed by atoms with Gasteiger partial charge in [0.1, 0.15) is 0 Å². The first-order chi connectivity index (χ1) is 9.95. The lowest BCUT2D eigenvalue weighted by molar-refractivity contribution is -0.137. The summed E-state index contributed by atoms with van der Waals surface area (Å²) in [5.74, 6) is 0.108. The molecule has 1 fully saturated rings. The van der Waals surface area contributed by atoms with Gasteiger partial charge in [-0.3, -0.25) is 0 Å². The first-order valence-electron chi connectivity index (χ1n) is 6.55. The Labute approximate surface area is 119 Å². The lowest BCUT2D eigenvalue weighted by Gasteiger charge is -2.08. The van der Waals surface area contributed by atoms with Crippen molar-refractivity contribution < 1.29 is 17.9 Å². The minimum atomic E-state index is -4.38. The molecule has 112 valence electrons. The molecule has 21 heavy (non-hydrogen) atoms. The average Bonchev–Trinajstić information content (AvgIpc) is 3.07. The van der Waals surface area contributed by atoms with Gasteiger partial charge >= 0.3 is 6.18 Å². The van der Waals surface area contributed by atoms with E-state index in [4.69, 9.17) is 10.5 Å². The quantitative estimate of drug-likeness (QED) is 0.927. The van der Waals surface area contributed by atoms with Crippen molar-refractivity contribution in [2.24, 2.45) is 0 Å². The van der Waals surface area contributed by atoms with Crippen LogP contribution in [0.1, 0.15) is 23.6 Å². The Bertz CT molecular complexity index is 645. The molecule has 0 amide bonds. The molecule has 2 aromatic rings. The molecule has 2 N–H and O–H groups in total. The van der Waals surface area contributed by atoms with Gasteiger partial charge < -0.3 is 10.5 Å². The van der Waals surface area contributed by atoms with Crippen LogP contribution in [0.4, 0.5) is 18.9 Å². The zero-order valence-corrected chi connectivity index (χ0v) is 11.1. The first-order valence-corrected chi connectivity index (χ1v) is 6.55. The number of nitrogen functional groups attached to an aromatic ring is 1. The van der Waals surface area contributed by atoms with Crippen molar-refractivity contribution in [1.82, 2.24) is 9.78 Å². The van der Waals surface area contributed by atoms with Gasteiger partial charge in [-0.25, -0.2) is 4.68 Å². The highest BCUT2D eigenvalue weighted by Crippen LogP contribution is 2.32. The van der Waals surface area contributed by atoms with Crippen LogP contribution < -0.4 is 5.73 Å². The van der Waals surface area contributed by atoms with Gasteiger partial charge in [0.15, 0.2) is 0 Å². The van der Waals surface area contributed by atoms with Gasteiger partial charge in [0.2, 0.25) is 0 Å². The van der Waals surface area contributed by atoms with Crippen LogP contribution in [0.3, 0.4) is 0 Å². The monoisotopic (exact) mass is 297 g/mol. The molecule has 1 unspecified atom stereocenters.